The molecule has 0 fully saturated rings. The first kappa shape index (κ1) is 8.76. The fourth-order valence-electron chi connectivity index (χ4n) is 0.950. The van der Waals surface area contributed by atoms with Crippen molar-refractivity contribution >= 4 is 0 Å². The molecule has 12 heavy (non-hydrogen) atoms. The third-order valence-corrected chi connectivity index (χ3v) is 1.78. The van der Waals surface area contributed by atoms with E-state index in [-0.39, 0.29) is 0 Å². The van der Waals surface area contributed by atoms with Crippen molar-refractivity contribution in [2.75, 3.05) is 0 Å². The first-order valence-electron chi connectivity index (χ1n) is 4.08. The Morgan fingerprint density at radius 3 is 3.00 bits per heavy atom. The van der Waals surface area contributed by atoms with E-state index in [0.717, 1.165) is 18.5 Å². The Morgan fingerprint density at radius 2 is 2.42 bits per heavy atom. The molecule has 0 radical (unpaired) electrons. The van der Waals surface area contributed by atoms with Crippen LogP contribution < -0.4 is 0 Å². The maximum atomic E-state index is 4.22. The Labute approximate surface area is 73.5 Å². The third kappa shape index (κ3) is 2.73. The molecular weight excluding hydrogens is 146 g/mol. The zero-order chi connectivity index (χ0) is 8.81. The minimum absolute atomic E-state index is 0.981. The van der Waals surface area contributed by atoms with Gasteiger partial charge in [-0.15, -0.1) is 5.73 Å². The predicted molar refractivity (Wildman–Crippen MR) is 50.9 cm³/mol. The van der Waals surface area contributed by atoms with E-state index in [1.807, 2.05) is 31.3 Å². The minimum atomic E-state index is 0.981. The highest BCUT2D eigenvalue weighted by Gasteiger charge is 1.92. The van der Waals surface area contributed by atoms with Crippen molar-refractivity contribution in [3.63, 3.8) is 0 Å². The van der Waals surface area contributed by atoms with Crippen LogP contribution in [0.25, 0.3) is 0 Å². The van der Waals surface area contributed by atoms with Crippen LogP contribution in [0.2, 0.25) is 0 Å². The standard InChI is InChI=1S/C11H13N/c1-3-10(2)7-8-11-6-4-5-9-12-11/h4-6,9H,1,7-8H2,2H3. The lowest BCUT2D eigenvalue weighted by Gasteiger charge is -1.97. The van der Waals surface area contributed by atoms with Gasteiger partial charge in [0.05, 0.1) is 0 Å². The summed E-state index contributed by atoms with van der Waals surface area (Å²) in [4.78, 5) is 4.22. The first-order chi connectivity index (χ1) is 5.83. The molecule has 1 aromatic heterocycles. The molecule has 1 nitrogen and oxygen atoms in total. The molecule has 62 valence electrons. The summed E-state index contributed by atoms with van der Waals surface area (Å²) in [5.41, 5.74) is 5.20. The van der Waals surface area contributed by atoms with E-state index in [2.05, 4.69) is 17.3 Å². The normalized spacial score (nSPS) is 9.08. The van der Waals surface area contributed by atoms with Gasteiger partial charge >= 0.3 is 0 Å². The van der Waals surface area contributed by atoms with Crippen molar-refractivity contribution < 1.29 is 0 Å². The van der Waals surface area contributed by atoms with Crippen LogP contribution in [0.4, 0.5) is 0 Å². The highest BCUT2D eigenvalue weighted by atomic mass is 14.7. The largest absolute Gasteiger partial charge is 0.261 e. The van der Waals surface area contributed by atoms with Crippen molar-refractivity contribution in [3.05, 3.63) is 48.0 Å². The van der Waals surface area contributed by atoms with Gasteiger partial charge in [-0.05, 0) is 37.5 Å². The maximum Gasteiger partial charge on any atom is 0.0407 e. The molecule has 1 aromatic rings. The number of nitrogens with zero attached hydrogens (tertiary/aromatic N) is 1. The van der Waals surface area contributed by atoms with E-state index in [1.165, 1.54) is 5.57 Å². The highest BCUT2D eigenvalue weighted by molar-refractivity contribution is 5.06. The van der Waals surface area contributed by atoms with Gasteiger partial charge in [-0.1, -0.05) is 12.6 Å². The molecule has 0 aliphatic heterocycles. The van der Waals surface area contributed by atoms with Gasteiger partial charge in [-0.2, -0.15) is 0 Å². The van der Waals surface area contributed by atoms with Crippen LogP contribution in [0.1, 0.15) is 19.0 Å². The van der Waals surface area contributed by atoms with Gasteiger partial charge in [0.1, 0.15) is 0 Å². The molecule has 0 unspecified atom stereocenters. The van der Waals surface area contributed by atoms with E-state index in [0.29, 0.717) is 0 Å². The first-order valence-corrected chi connectivity index (χ1v) is 4.08. The quantitative estimate of drug-likeness (QED) is 0.618. The molecule has 0 aliphatic rings. The van der Waals surface area contributed by atoms with Crippen LogP contribution in [0.3, 0.4) is 0 Å². The third-order valence-electron chi connectivity index (χ3n) is 1.78. The summed E-state index contributed by atoms with van der Waals surface area (Å²) in [6.07, 6.45) is 3.80. The second kappa shape index (κ2) is 4.53. The monoisotopic (exact) mass is 159 g/mol. The molecule has 0 saturated heterocycles. The maximum absolute atomic E-state index is 4.22. The summed E-state index contributed by atoms with van der Waals surface area (Å²) in [7, 11) is 0. The molecule has 1 heterocycles. The fourth-order valence-corrected chi connectivity index (χ4v) is 0.950. The Bertz CT molecular complexity index is 281. The number of rotatable bonds is 3. The van der Waals surface area contributed by atoms with Crippen molar-refractivity contribution in [1.82, 2.24) is 4.98 Å². The molecule has 0 bridgehead atoms. The van der Waals surface area contributed by atoms with Gasteiger partial charge in [-0.25, -0.2) is 0 Å². The number of hydrogen-bond acceptors (Lipinski definition) is 1. The summed E-state index contributed by atoms with van der Waals surface area (Å²) >= 11 is 0. The van der Waals surface area contributed by atoms with Crippen LogP contribution in [-0.2, 0) is 6.42 Å². The molecule has 0 spiro atoms. The number of hydrogen-bond donors (Lipinski definition) is 0. The molecule has 0 N–H and O–H groups in total. The van der Waals surface area contributed by atoms with Gasteiger partial charge in [0, 0.05) is 11.9 Å². The Kier molecular flexibility index (Phi) is 3.31. The topological polar surface area (TPSA) is 12.9 Å². The van der Waals surface area contributed by atoms with Crippen LogP contribution in [0.5, 0.6) is 0 Å². The molecule has 1 heteroatoms. The molecule has 1 rings (SSSR count). The van der Waals surface area contributed by atoms with E-state index in [9.17, 15) is 0 Å². The lowest BCUT2D eigenvalue weighted by Crippen LogP contribution is -1.88. The van der Waals surface area contributed by atoms with Crippen LogP contribution >= 0.6 is 0 Å². The van der Waals surface area contributed by atoms with E-state index >= 15 is 0 Å². The number of aromatic nitrogens is 1. The molecule has 0 aromatic carbocycles. The van der Waals surface area contributed by atoms with Crippen molar-refractivity contribution in [3.8, 4) is 0 Å². The average molecular weight is 159 g/mol. The fraction of sp³-hybridized carbons (Fsp3) is 0.273. The van der Waals surface area contributed by atoms with Gasteiger partial charge < -0.3 is 0 Å². The van der Waals surface area contributed by atoms with Gasteiger partial charge in [0.15, 0.2) is 0 Å². The Hall–Kier alpha value is -1.33. The lowest BCUT2D eigenvalue weighted by molar-refractivity contribution is 0.902. The van der Waals surface area contributed by atoms with Crippen molar-refractivity contribution in [2.24, 2.45) is 0 Å². The summed E-state index contributed by atoms with van der Waals surface area (Å²) in [6.45, 7) is 5.63. The summed E-state index contributed by atoms with van der Waals surface area (Å²) in [5.74, 6) is 0. The van der Waals surface area contributed by atoms with Gasteiger partial charge in [0.25, 0.3) is 0 Å². The SMILES string of the molecule is C=C=C(C)CCc1ccccn1. The minimum Gasteiger partial charge on any atom is -0.261 e. The lowest BCUT2D eigenvalue weighted by atomic mass is 10.1. The number of aryl methyl sites for hydroxylation is 1. The highest BCUT2D eigenvalue weighted by Crippen LogP contribution is 2.04. The zero-order valence-corrected chi connectivity index (χ0v) is 7.38. The molecular formula is C11H13N. The molecule has 0 amide bonds. The van der Waals surface area contributed by atoms with E-state index in [1.54, 1.807) is 0 Å². The summed E-state index contributed by atoms with van der Waals surface area (Å²) < 4.78 is 0. The van der Waals surface area contributed by atoms with Gasteiger partial charge in [0.2, 0.25) is 0 Å². The second-order valence-corrected chi connectivity index (χ2v) is 2.78. The molecule has 0 atom stereocenters. The van der Waals surface area contributed by atoms with Crippen molar-refractivity contribution in [2.45, 2.75) is 19.8 Å². The van der Waals surface area contributed by atoms with Crippen LogP contribution in [0.15, 0.2) is 42.3 Å². The number of pyridine rings is 1. The van der Waals surface area contributed by atoms with Crippen molar-refractivity contribution in [1.29, 1.82) is 0 Å². The Morgan fingerprint density at radius 1 is 1.58 bits per heavy atom. The van der Waals surface area contributed by atoms with E-state index in [4.69, 9.17) is 0 Å². The smallest absolute Gasteiger partial charge is 0.0407 e. The number of allylic oxidation sites excluding steroid dienone is 1. The zero-order valence-electron chi connectivity index (χ0n) is 7.38. The molecule has 0 saturated carbocycles. The summed E-state index contributed by atoms with van der Waals surface area (Å²) in [5, 5.41) is 0. The van der Waals surface area contributed by atoms with Crippen LogP contribution in [0, 0.1) is 0 Å². The van der Waals surface area contributed by atoms with Crippen LogP contribution in [-0.4, -0.2) is 4.98 Å². The predicted octanol–water partition coefficient (Wildman–Crippen LogP) is 2.75. The summed E-state index contributed by atoms with van der Waals surface area (Å²) in [6, 6.07) is 5.98. The second-order valence-electron chi connectivity index (χ2n) is 2.78. The molecule has 0 aliphatic carbocycles. The Balaban J connectivity index is 2.49. The van der Waals surface area contributed by atoms with Gasteiger partial charge in [-0.3, -0.25) is 4.98 Å². The average Bonchev–Trinajstić information content (AvgIpc) is 2.16. The van der Waals surface area contributed by atoms with E-state index < -0.39 is 0 Å².